The summed E-state index contributed by atoms with van der Waals surface area (Å²) in [4.78, 5) is 5.35. The Hall–Kier alpha value is -1.96. The highest BCUT2D eigenvalue weighted by molar-refractivity contribution is 5.69. The molecule has 25 heavy (non-hydrogen) atoms. The summed E-state index contributed by atoms with van der Waals surface area (Å²) in [5.41, 5.74) is 7.41. The van der Waals surface area contributed by atoms with Gasteiger partial charge < -0.3 is 9.80 Å². The highest BCUT2D eigenvalue weighted by atomic mass is 15.4. The Labute approximate surface area is 152 Å². The summed E-state index contributed by atoms with van der Waals surface area (Å²) in [6.07, 6.45) is 3.06. The van der Waals surface area contributed by atoms with Gasteiger partial charge in [0.1, 0.15) is 6.17 Å². The quantitative estimate of drug-likeness (QED) is 0.691. The maximum absolute atomic E-state index is 2.71. The van der Waals surface area contributed by atoms with Crippen LogP contribution in [0.2, 0.25) is 0 Å². The van der Waals surface area contributed by atoms with Crippen molar-refractivity contribution in [3.8, 4) is 0 Å². The number of fused-ring (bicyclic) bond motifs is 3. The van der Waals surface area contributed by atoms with Crippen molar-refractivity contribution in [1.29, 1.82) is 0 Å². The molecule has 0 saturated carbocycles. The normalized spacial score (nSPS) is 19.5. The summed E-state index contributed by atoms with van der Waals surface area (Å²) in [6, 6.07) is 15.9. The highest BCUT2D eigenvalue weighted by Gasteiger charge is 2.37. The minimum atomic E-state index is 0.507. The third kappa shape index (κ3) is 2.72. The lowest BCUT2D eigenvalue weighted by Crippen LogP contribution is -2.49. The second-order valence-electron chi connectivity index (χ2n) is 8.17. The first kappa shape index (κ1) is 16.5. The van der Waals surface area contributed by atoms with Gasteiger partial charge in [0, 0.05) is 24.5 Å². The number of anilines is 2. The lowest BCUT2D eigenvalue weighted by molar-refractivity contribution is 0.573. The van der Waals surface area contributed by atoms with Crippen LogP contribution in [0.4, 0.5) is 11.4 Å². The Balaban J connectivity index is 1.87. The van der Waals surface area contributed by atoms with Gasteiger partial charge in [0.2, 0.25) is 0 Å². The van der Waals surface area contributed by atoms with Crippen molar-refractivity contribution in [2.75, 3.05) is 16.3 Å². The van der Waals surface area contributed by atoms with E-state index in [9.17, 15) is 0 Å². The van der Waals surface area contributed by atoms with E-state index in [1.54, 1.807) is 0 Å². The molecular weight excluding hydrogens is 304 g/mol. The van der Waals surface area contributed by atoms with Gasteiger partial charge in [-0.2, -0.15) is 0 Å². The molecule has 0 spiro atoms. The maximum atomic E-state index is 2.71. The first-order valence-electron chi connectivity index (χ1n) is 9.82. The van der Waals surface area contributed by atoms with Crippen molar-refractivity contribution in [1.82, 2.24) is 0 Å². The number of benzene rings is 2. The standard InChI is InChI=1S/C23H30N2/c1-16(2)19-10-7-11-20(17(3)4)23(19)25-15-18-9-5-6-12-21(18)24-14-8-13-22(24)25/h5-7,9-12,16-17,22H,8,13-15H2,1-4H3. The van der Waals surface area contributed by atoms with Gasteiger partial charge in [-0.15, -0.1) is 0 Å². The number of hydrogen-bond donors (Lipinski definition) is 0. The van der Waals surface area contributed by atoms with Crippen molar-refractivity contribution >= 4 is 11.4 Å². The molecule has 2 heterocycles. The molecule has 2 aliphatic rings. The van der Waals surface area contributed by atoms with Crippen molar-refractivity contribution in [2.45, 2.75) is 65.1 Å². The molecule has 4 rings (SSSR count). The van der Waals surface area contributed by atoms with E-state index in [4.69, 9.17) is 0 Å². The average molecular weight is 335 g/mol. The van der Waals surface area contributed by atoms with Crippen LogP contribution < -0.4 is 9.80 Å². The van der Waals surface area contributed by atoms with Crippen molar-refractivity contribution in [3.05, 3.63) is 59.2 Å². The minimum absolute atomic E-state index is 0.507. The van der Waals surface area contributed by atoms with Crippen molar-refractivity contribution < 1.29 is 0 Å². The van der Waals surface area contributed by atoms with E-state index in [1.807, 2.05) is 0 Å². The molecule has 2 nitrogen and oxygen atoms in total. The fraction of sp³-hybridized carbons (Fsp3) is 0.478. The highest BCUT2D eigenvalue weighted by Crippen LogP contribution is 2.43. The largest absolute Gasteiger partial charge is 0.351 e. The third-order valence-corrected chi connectivity index (χ3v) is 5.85. The fourth-order valence-corrected chi connectivity index (χ4v) is 4.64. The minimum Gasteiger partial charge on any atom is -0.351 e. The molecule has 1 fully saturated rings. The van der Waals surface area contributed by atoms with E-state index in [1.165, 1.54) is 47.5 Å². The van der Waals surface area contributed by atoms with Crippen LogP contribution in [0, 0.1) is 0 Å². The van der Waals surface area contributed by atoms with Crippen LogP contribution in [0.1, 0.15) is 69.1 Å². The molecular formula is C23H30N2. The van der Waals surface area contributed by atoms with Gasteiger partial charge in [-0.25, -0.2) is 0 Å². The molecule has 0 radical (unpaired) electrons. The van der Waals surface area contributed by atoms with Crippen molar-refractivity contribution in [2.24, 2.45) is 0 Å². The average Bonchev–Trinajstić information content (AvgIpc) is 3.10. The number of hydrogen-bond acceptors (Lipinski definition) is 2. The van der Waals surface area contributed by atoms with E-state index in [2.05, 4.69) is 80.0 Å². The van der Waals surface area contributed by atoms with Gasteiger partial charge in [0.25, 0.3) is 0 Å². The van der Waals surface area contributed by atoms with E-state index >= 15 is 0 Å². The Morgan fingerprint density at radius 1 is 0.840 bits per heavy atom. The molecule has 1 atom stereocenters. The molecule has 0 N–H and O–H groups in total. The summed E-state index contributed by atoms with van der Waals surface area (Å²) in [5.74, 6) is 1.08. The lowest BCUT2D eigenvalue weighted by Gasteiger charge is -2.45. The predicted molar refractivity (Wildman–Crippen MR) is 108 cm³/mol. The Morgan fingerprint density at radius 3 is 2.20 bits per heavy atom. The molecule has 132 valence electrons. The molecule has 2 heteroatoms. The first-order chi connectivity index (χ1) is 12.1. The van der Waals surface area contributed by atoms with E-state index in [0.717, 1.165) is 6.54 Å². The van der Waals surface area contributed by atoms with Gasteiger partial charge >= 0.3 is 0 Å². The van der Waals surface area contributed by atoms with Crippen LogP contribution in [0.5, 0.6) is 0 Å². The smallest absolute Gasteiger partial charge is 0.102 e. The molecule has 2 aromatic carbocycles. The van der Waals surface area contributed by atoms with E-state index < -0.39 is 0 Å². The maximum Gasteiger partial charge on any atom is 0.102 e. The molecule has 0 bridgehead atoms. The second kappa shape index (κ2) is 6.40. The summed E-state index contributed by atoms with van der Waals surface area (Å²) < 4.78 is 0. The van der Waals surface area contributed by atoms with Crippen LogP contribution in [0.25, 0.3) is 0 Å². The van der Waals surface area contributed by atoms with Gasteiger partial charge in [-0.1, -0.05) is 64.1 Å². The Kier molecular flexibility index (Phi) is 4.23. The molecule has 2 aliphatic heterocycles. The molecule has 0 aliphatic carbocycles. The van der Waals surface area contributed by atoms with Crippen LogP contribution in [-0.2, 0) is 6.54 Å². The molecule has 2 aromatic rings. The SMILES string of the molecule is CC(C)c1cccc(C(C)C)c1N1Cc2ccccc2N2CCCC21. The summed E-state index contributed by atoms with van der Waals surface area (Å²) in [5, 5.41) is 0. The molecule has 0 aromatic heterocycles. The molecule has 1 saturated heterocycles. The summed E-state index contributed by atoms with van der Waals surface area (Å²) in [6.45, 7) is 11.5. The molecule has 1 unspecified atom stereocenters. The topological polar surface area (TPSA) is 6.48 Å². The number of nitrogens with zero attached hydrogens (tertiary/aromatic N) is 2. The zero-order valence-corrected chi connectivity index (χ0v) is 16.0. The number of rotatable bonds is 3. The van der Waals surface area contributed by atoms with Gasteiger partial charge in [0.05, 0.1) is 0 Å². The summed E-state index contributed by atoms with van der Waals surface area (Å²) in [7, 11) is 0. The zero-order valence-electron chi connectivity index (χ0n) is 16.0. The number of para-hydroxylation sites is 2. The van der Waals surface area contributed by atoms with Crippen LogP contribution in [0.15, 0.2) is 42.5 Å². The van der Waals surface area contributed by atoms with Crippen molar-refractivity contribution in [3.63, 3.8) is 0 Å². The van der Waals surface area contributed by atoms with Gasteiger partial charge in [-0.05, 0) is 47.4 Å². The lowest BCUT2D eigenvalue weighted by atomic mass is 9.90. The van der Waals surface area contributed by atoms with Crippen LogP contribution in [0.3, 0.4) is 0 Å². The predicted octanol–water partition coefficient (Wildman–Crippen LogP) is 5.88. The second-order valence-corrected chi connectivity index (χ2v) is 8.17. The Bertz CT molecular complexity index is 736. The first-order valence-corrected chi connectivity index (χ1v) is 9.82. The molecule has 0 amide bonds. The van der Waals surface area contributed by atoms with Crippen LogP contribution >= 0.6 is 0 Å². The van der Waals surface area contributed by atoms with E-state index in [-0.39, 0.29) is 0 Å². The monoisotopic (exact) mass is 334 g/mol. The van der Waals surface area contributed by atoms with Gasteiger partial charge in [0.15, 0.2) is 0 Å². The fourth-order valence-electron chi connectivity index (χ4n) is 4.64. The van der Waals surface area contributed by atoms with Gasteiger partial charge in [-0.3, -0.25) is 0 Å². The van der Waals surface area contributed by atoms with Crippen LogP contribution in [-0.4, -0.2) is 12.7 Å². The Morgan fingerprint density at radius 2 is 1.52 bits per heavy atom. The van der Waals surface area contributed by atoms with E-state index in [0.29, 0.717) is 18.0 Å². The zero-order chi connectivity index (χ0) is 17.6. The summed E-state index contributed by atoms with van der Waals surface area (Å²) >= 11 is 0. The third-order valence-electron chi connectivity index (χ3n) is 5.85.